The lowest BCUT2D eigenvalue weighted by atomic mass is 10.0. The van der Waals surface area contributed by atoms with Crippen LogP contribution in [0.1, 0.15) is 110 Å². The van der Waals surface area contributed by atoms with Gasteiger partial charge in [0.2, 0.25) is 0 Å². The average molecular weight is 438 g/mol. The molecule has 0 aliphatic carbocycles. The van der Waals surface area contributed by atoms with Crippen LogP contribution in [0.4, 0.5) is 0 Å². The Morgan fingerprint density at radius 2 is 1.12 bits per heavy atom. The lowest BCUT2D eigenvalue weighted by molar-refractivity contribution is 0.538. The molecule has 1 fully saturated rings. The minimum absolute atomic E-state index is 0.425. The van der Waals surface area contributed by atoms with E-state index in [1.165, 1.54) is 120 Å². The maximum absolute atomic E-state index is 3.99. The summed E-state index contributed by atoms with van der Waals surface area (Å²) in [5.41, 5.74) is 0. The van der Waals surface area contributed by atoms with E-state index in [1.807, 2.05) is 0 Å². The zero-order valence-corrected chi connectivity index (χ0v) is 19.3. The highest BCUT2D eigenvalue weighted by molar-refractivity contribution is 9.11. The third-order valence-electron chi connectivity index (χ3n) is 5.10. The second-order valence-electron chi connectivity index (χ2n) is 7.44. The van der Waals surface area contributed by atoms with Crippen molar-refractivity contribution in [3.63, 3.8) is 0 Å². The Labute approximate surface area is 169 Å². The Kier molecular flexibility index (Phi) is 15.8. The smallest absolute Gasteiger partial charge is 0.0724 e. The minimum Gasteiger partial charge on any atom is -0.162 e. The molecule has 1 heterocycles. The Morgan fingerprint density at radius 3 is 1.58 bits per heavy atom. The summed E-state index contributed by atoms with van der Waals surface area (Å²) in [7, 11) is 0. The van der Waals surface area contributed by atoms with E-state index in [9.17, 15) is 0 Å². The van der Waals surface area contributed by atoms with E-state index < -0.39 is 0 Å². The SMILES string of the molecule is CCCCCCCCCCCCCCCCSC1(Br)CCSCC1. The van der Waals surface area contributed by atoms with Crippen molar-refractivity contribution in [3.8, 4) is 0 Å². The molecule has 0 aromatic rings. The molecule has 1 aliphatic heterocycles. The third-order valence-corrected chi connectivity index (χ3v) is 8.98. The molecule has 0 nitrogen and oxygen atoms in total. The van der Waals surface area contributed by atoms with Crippen molar-refractivity contribution < 1.29 is 0 Å². The number of rotatable bonds is 16. The molecule has 0 aromatic heterocycles. The van der Waals surface area contributed by atoms with Crippen molar-refractivity contribution in [2.45, 2.75) is 113 Å². The monoisotopic (exact) mass is 436 g/mol. The summed E-state index contributed by atoms with van der Waals surface area (Å²) in [4.78, 5) is 0. The lowest BCUT2D eigenvalue weighted by Gasteiger charge is -2.30. The Morgan fingerprint density at radius 1 is 0.708 bits per heavy atom. The average Bonchev–Trinajstić information content (AvgIpc) is 2.59. The summed E-state index contributed by atoms with van der Waals surface area (Å²) >= 11 is 8.29. The first kappa shape index (κ1) is 23.2. The van der Waals surface area contributed by atoms with E-state index in [1.54, 1.807) is 0 Å². The molecule has 0 N–H and O–H groups in total. The van der Waals surface area contributed by atoms with Crippen LogP contribution in [-0.4, -0.2) is 20.9 Å². The molecule has 0 atom stereocenters. The van der Waals surface area contributed by atoms with Crippen LogP contribution in [0.3, 0.4) is 0 Å². The first-order chi connectivity index (χ1) is 11.8. The Hall–Kier alpha value is 1.18. The van der Waals surface area contributed by atoms with Gasteiger partial charge in [0.25, 0.3) is 0 Å². The molecule has 0 unspecified atom stereocenters. The van der Waals surface area contributed by atoms with Crippen LogP contribution >= 0.6 is 39.5 Å². The van der Waals surface area contributed by atoms with Gasteiger partial charge in [0.15, 0.2) is 0 Å². The van der Waals surface area contributed by atoms with Gasteiger partial charge in [-0.1, -0.05) is 106 Å². The van der Waals surface area contributed by atoms with Crippen molar-refractivity contribution in [1.82, 2.24) is 0 Å². The second-order valence-corrected chi connectivity index (χ2v) is 12.2. The highest BCUT2D eigenvalue weighted by Crippen LogP contribution is 2.44. The van der Waals surface area contributed by atoms with Crippen LogP contribution < -0.4 is 0 Å². The molecule has 1 saturated heterocycles. The molecule has 0 spiro atoms. The summed E-state index contributed by atoms with van der Waals surface area (Å²) in [6.45, 7) is 2.30. The first-order valence-corrected chi connectivity index (χ1v) is 13.6. The number of hydrogen-bond acceptors (Lipinski definition) is 2. The molecule has 1 aliphatic rings. The minimum atomic E-state index is 0.425. The van der Waals surface area contributed by atoms with Crippen LogP contribution in [-0.2, 0) is 0 Å². The van der Waals surface area contributed by atoms with E-state index >= 15 is 0 Å². The highest BCUT2D eigenvalue weighted by Gasteiger charge is 2.29. The van der Waals surface area contributed by atoms with Gasteiger partial charge < -0.3 is 0 Å². The van der Waals surface area contributed by atoms with Crippen molar-refractivity contribution in [3.05, 3.63) is 0 Å². The molecule has 3 heteroatoms. The lowest BCUT2D eigenvalue weighted by Crippen LogP contribution is -2.22. The predicted octanol–water partition coefficient (Wildman–Crippen LogP) is 8.82. The van der Waals surface area contributed by atoms with Gasteiger partial charge in [0.1, 0.15) is 0 Å². The number of halogens is 1. The predicted molar refractivity (Wildman–Crippen MR) is 121 cm³/mol. The maximum Gasteiger partial charge on any atom is 0.0724 e. The zero-order chi connectivity index (χ0) is 17.3. The molecule has 0 bridgehead atoms. The molecule has 0 radical (unpaired) electrons. The van der Waals surface area contributed by atoms with Crippen LogP contribution in [0.5, 0.6) is 0 Å². The Balaban J connectivity index is 1.73. The van der Waals surface area contributed by atoms with E-state index in [-0.39, 0.29) is 0 Å². The standard InChI is InChI=1S/C21H41BrS2/c1-2-3-4-5-6-7-8-9-10-11-12-13-14-15-18-24-21(22)16-19-23-20-17-21/h2-20H2,1H3. The van der Waals surface area contributed by atoms with E-state index in [4.69, 9.17) is 0 Å². The van der Waals surface area contributed by atoms with Crippen LogP contribution in [0.25, 0.3) is 0 Å². The molecular weight excluding hydrogens is 396 g/mol. The largest absolute Gasteiger partial charge is 0.162 e. The summed E-state index contributed by atoms with van der Waals surface area (Å²) in [6.07, 6.45) is 23.1. The van der Waals surface area contributed by atoms with E-state index in [0.29, 0.717) is 3.66 Å². The van der Waals surface area contributed by atoms with Crippen LogP contribution in [0, 0.1) is 0 Å². The summed E-state index contributed by atoms with van der Waals surface area (Å²) in [6, 6.07) is 0. The van der Waals surface area contributed by atoms with Gasteiger partial charge in [-0.2, -0.15) is 11.8 Å². The fraction of sp³-hybridized carbons (Fsp3) is 1.00. The summed E-state index contributed by atoms with van der Waals surface area (Å²) in [5.74, 6) is 4.04. The normalized spacial score (nSPS) is 17.2. The van der Waals surface area contributed by atoms with E-state index in [2.05, 4.69) is 46.4 Å². The fourth-order valence-corrected chi connectivity index (χ4v) is 7.43. The summed E-state index contributed by atoms with van der Waals surface area (Å²) < 4.78 is 0.425. The molecule has 0 aromatic carbocycles. The second kappa shape index (κ2) is 16.4. The van der Waals surface area contributed by atoms with Crippen molar-refractivity contribution in [2.24, 2.45) is 0 Å². The zero-order valence-electron chi connectivity index (χ0n) is 16.1. The maximum atomic E-state index is 3.99. The number of hydrogen-bond donors (Lipinski definition) is 0. The van der Waals surface area contributed by atoms with Gasteiger partial charge in [0.05, 0.1) is 3.66 Å². The number of unbranched alkanes of at least 4 members (excludes halogenated alkanes) is 13. The first-order valence-electron chi connectivity index (χ1n) is 10.7. The van der Waals surface area contributed by atoms with Crippen molar-refractivity contribution in [1.29, 1.82) is 0 Å². The topological polar surface area (TPSA) is 0 Å². The van der Waals surface area contributed by atoms with Gasteiger partial charge in [-0.15, -0.1) is 11.8 Å². The molecule has 0 amide bonds. The van der Waals surface area contributed by atoms with Gasteiger partial charge in [-0.05, 0) is 36.5 Å². The van der Waals surface area contributed by atoms with Crippen molar-refractivity contribution in [2.75, 3.05) is 17.3 Å². The quantitative estimate of drug-likeness (QED) is 0.175. The Bertz CT molecular complexity index is 265. The number of alkyl halides is 1. The fourth-order valence-electron chi connectivity index (χ4n) is 3.37. The van der Waals surface area contributed by atoms with Crippen LogP contribution in [0.15, 0.2) is 0 Å². The van der Waals surface area contributed by atoms with Gasteiger partial charge >= 0.3 is 0 Å². The molecule has 24 heavy (non-hydrogen) atoms. The molecule has 1 rings (SSSR count). The van der Waals surface area contributed by atoms with Gasteiger partial charge in [-0.3, -0.25) is 0 Å². The number of thioether (sulfide) groups is 2. The van der Waals surface area contributed by atoms with Gasteiger partial charge in [-0.25, -0.2) is 0 Å². The highest BCUT2D eigenvalue weighted by atomic mass is 79.9. The molecular formula is C21H41BrS2. The van der Waals surface area contributed by atoms with E-state index in [0.717, 1.165) is 0 Å². The summed E-state index contributed by atoms with van der Waals surface area (Å²) in [5, 5.41) is 0. The molecule has 144 valence electrons. The van der Waals surface area contributed by atoms with Crippen molar-refractivity contribution >= 4 is 39.5 Å². The molecule has 0 saturated carbocycles. The van der Waals surface area contributed by atoms with Gasteiger partial charge in [0, 0.05) is 0 Å². The van der Waals surface area contributed by atoms with Crippen LogP contribution in [0.2, 0.25) is 0 Å². The third kappa shape index (κ3) is 13.4.